The first kappa shape index (κ1) is 18.5. The van der Waals surface area contributed by atoms with Crippen molar-refractivity contribution < 1.29 is 19.1 Å². The number of hydrogen-bond acceptors (Lipinski definition) is 4. The van der Waals surface area contributed by atoms with Gasteiger partial charge in [0.15, 0.2) is 0 Å². The molecule has 0 spiro atoms. The van der Waals surface area contributed by atoms with Gasteiger partial charge < -0.3 is 20.3 Å². The number of piperidine rings is 1. The van der Waals surface area contributed by atoms with Crippen molar-refractivity contribution in [3.05, 3.63) is 0 Å². The predicted octanol–water partition coefficient (Wildman–Crippen LogP) is 1.42. The zero-order chi connectivity index (χ0) is 17.9. The number of amides is 3. The second kappa shape index (κ2) is 7.40. The van der Waals surface area contributed by atoms with Gasteiger partial charge in [0, 0.05) is 25.0 Å². The lowest BCUT2D eigenvalue weighted by Gasteiger charge is -2.34. The van der Waals surface area contributed by atoms with Gasteiger partial charge in [-0.05, 0) is 53.4 Å². The summed E-state index contributed by atoms with van der Waals surface area (Å²) in [4.78, 5) is 37.7. The minimum absolute atomic E-state index is 0.118. The molecule has 1 aliphatic carbocycles. The first-order chi connectivity index (χ1) is 11.2. The highest BCUT2D eigenvalue weighted by molar-refractivity contribution is 5.85. The molecule has 3 amide bonds. The molecule has 24 heavy (non-hydrogen) atoms. The van der Waals surface area contributed by atoms with Gasteiger partial charge in [-0.2, -0.15) is 0 Å². The largest absolute Gasteiger partial charge is 0.444 e. The molecule has 2 aliphatic rings. The van der Waals surface area contributed by atoms with Gasteiger partial charge in [-0.15, -0.1) is 0 Å². The molecule has 1 saturated heterocycles. The van der Waals surface area contributed by atoms with E-state index in [0.717, 1.165) is 25.7 Å². The van der Waals surface area contributed by atoms with E-state index in [2.05, 4.69) is 10.6 Å². The maximum absolute atomic E-state index is 12.4. The number of hydrogen-bond donors (Lipinski definition) is 2. The summed E-state index contributed by atoms with van der Waals surface area (Å²) in [6.07, 6.45) is 2.91. The molecule has 0 aromatic heterocycles. The minimum atomic E-state index is -0.627. The Morgan fingerprint density at radius 2 is 1.67 bits per heavy atom. The first-order valence-electron chi connectivity index (χ1n) is 8.74. The molecule has 0 aromatic rings. The second-order valence-corrected chi connectivity index (χ2v) is 7.75. The van der Waals surface area contributed by atoms with E-state index in [4.69, 9.17) is 4.74 Å². The third-order valence-corrected chi connectivity index (χ3v) is 4.20. The molecular weight excluding hydrogens is 310 g/mol. The number of alkyl carbamates (subject to hydrolysis) is 1. The zero-order valence-corrected chi connectivity index (χ0v) is 15.1. The van der Waals surface area contributed by atoms with Crippen molar-refractivity contribution in [2.24, 2.45) is 5.92 Å². The lowest BCUT2D eigenvalue weighted by Crippen LogP contribution is -2.52. The van der Waals surface area contributed by atoms with Crippen LogP contribution in [0.4, 0.5) is 4.79 Å². The molecule has 7 nitrogen and oxygen atoms in total. The first-order valence-corrected chi connectivity index (χ1v) is 8.74. The molecule has 2 rings (SSSR count). The Kier molecular flexibility index (Phi) is 5.72. The van der Waals surface area contributed by atoms with Crippen LogP contribution < -0.4 is 10.6 Å². The van der Waals surface area contributed by atoms with Crippen LogP contribution in [-0.2, 0) is 14.3 Å². The van der Waals surface area contributed by atoms with Gasteiger partial charge in [-0.25, -0.2) is 4.79 Å². The summed E-state index contributed by atoms with van der Waals surface area (Å²) in [6, 6.07) is -0.478. The number of carbonyl (C=O) groups excluding carboxylic acids is 3. The Morgan fingerprint density at radius 3 is 2.17 bits per heavy atom. The Labute approximate surface area is 143 Å². The van der Waals surface area contributed by atoms with Gasteiger partial charge in [-0.1, -0.05) is 0 Å². The lowest BCUT2D eigenvalue weighted by molar-refractivity contribution is -0.134. The van der Waals surface area contributed by atoms with E-state index >= 15 is 0 Å². The topological polar surface area (TPSA) is 87.7 Å². The Hall–Kier alpha value is -1.79. The second-order valence-electron chi connectivity index (χ2n) is 7.75. The lowest BCUT2D eigenvalue weighted by atomic mass is 10.0. The van der Waals surface area contributed by atoms with Gasteiger partial charge in [0.25, 0.3) is 0 Å². The summed E-state index contributed by atoms with van der Waals surface area (Å²) in [5.41, 5.74) is -0.592. The number of nitrogens with one attached hydrogen (secondary N) is 2. The number of nitrogens with zero attached hydrogens (tertiary/aromatic N) is 1. The van der Waals surface area contributed by atoms with Gasteiger partial charge >= 0.3 is 6.09 Å². The van der Waals surface area contributed by atoms with Gasteiger partial charge in [0.2, 0.25) is 11.8 Å². The smallest absolute Gasteiger partial charge is 0.408 e. The summed E-state index contributed by atoms with van der Waals surface area (Å²) < 4.78 is 5.17. The number of rotatable bonds is 4. The van der Waals surface area contributed by atoms with Crippen molar-refractivity contribution in [1.82, 2.24) is 15.5 Å². The number of likely N-dealkylation sites (tertiary alicyclic amines) is 1. The number of ether oxygens (including phenoxy) is 1. The summed E-state index contributed by atoms with van der Waals surface area (Å²) >= 11 is 0. The Bertz CT molecular complexity index is 489. The quantitative estimate of drug-likeness (QED) is 0.811. The monoisotopic (exact) mass is 339 g/mol. The maximum atomic E-state index is 12.4. The predicted molar refractivity (Wildman–Crippen MR) is 89.3 cm³/mol. The van der Waals surface area contributed by atoms with Crippen LogP contribution in [0.1, 0.15) is 53.4 Å². The van der Waals surface area contributed by atoms with Crippen LogP contribution in [0.25, 0.3) is 0 Å². The summed E-state index contributed by atoms with van der Waals surface area (Å²) in [5.74, 6) is 0.246. The molecule has 1 heterocycles. The SMILES string of the molecule is C[C@@H](NC(=O)OC(C)(C)C)C(=O)N1CCC(NC(=O)C2CC2)CC1. The van der Waals surface area contributed by atoms with Gasteiger partial charge in [0.05, 0.1) is 0 Å². The highest BCUT2D eigenvalue weighted by atomic mass is 16.6. The fraction of sp³-hybridized carbons (Fsp3) is 0.824. The van der Waals surface area contributed by atoms with E-state index in [-0.39, 0.29) is 23.8 Å². The van der Waals surface area contributed by atoms with E-state index in [9.17, 15) is 14.4 Å². The third kappa shape index (κ3) is 5.69. The van der Waals surface area contributed by atoms with Crippen LogP contribution in [0.2, 0.25) is 0 Å². The Morgan fingerprint density at radius 1 is 1.08 bits per heavy atom. The normalized spacial score (nSPS) is 20.2. The van der Waals surface area contributed by atoms with Crippen LogP contribution in [0.15, 0.2) is 0 Å². The van der Waals surface area contributed by atoms with E-state index in [0.29, 0.717) is 13.1 Å². The van der Waals surface area contributed by atoms with Gasteiger partial charge in [0.1, 0.15) is 11.6 Å². The van der Waals surface area contributed by atoms with Crippen molar-refractivity contribution in [3.8, 4) is 0 Å². The molecule has 1 saturated carbocycles. The Balaban J connectivity index is 1.73. The number of carbonyl (C=O) groups is 3. The highest BCUT2D eigenvalue weighted by Crippen LogP contribution is 2.29. The van der Waals surface area contributed by atoms with Crippen molar-refractivity contribution >= 4 is 17.9 Å². The molecule has 0 bridgehead atoms. The highest BCUT2D eigenvalue weighted by Gasteiger charge is 2.33. The average Bonchev–Trinajstić information content (AvgIpc) is 3.29. The zero-order valence-electron chi connectivity index (χ0n) is 15.1. The molecule has 1 atom stereocenters. The summed E-state index contributed by atoms with van der Waals surface area (Å²) in [7, 11) is 0. The van der Waals surface area contributed by atoms with Crippen molar-refractivity contribution in [2.75, 3.05) is 13.1 Å². The van der Waals surface area contributed by atoms with Gasteiger partial charge in [-0.3, -0.25) is 9.59 Å². The molecule has 0 unspecified atom stereocenters. The fourth-order valence-corrected chi connectivity index (χ4v) is 2.73. The summed E-state index contributed by atoms with van der Waals surface area (Å²) in [5, 5.41) is 5.64. The fourth-order valence-electron chi connectivity index (χ4n) is 2.73. The molecule has 2 fully saturated rings. The van der Waals surface area contributed by atoms with Crippen LogP contribution >= 0.6 is 0 Å². The molecule has 2 N–H and O–H groups in total. The molecular formula is C17H29N3O4. The van der Waals surface area contributed by atoms with Crippen LogP contribution in [0.3, 0.4) is 0 Å². The summed E-state index contributed by atoms with van der Waals surface area (Å²) in [6.45, 7) is 8.18. The van der Waals surface area contributed by atoms with E-state index in [1.54, 1.807) is 32.6 Å². The van der Waals surface area contributed by atoms with E-state index < -0.39 is 17.7 Å². The molecule has 1 aliphatic heterocycles. The van der Waals surface area contributed by atoms with Crippen LogP contribution in [-0.4, -0.2) is 53.6 Å². The minimum Gasteiger partial charge on any atom is -0.444 e. The molecule has 0 radical (unpaired) electrons. The van der Waals surface area contributed by atoms with E-state index in [1.807, 2.05) is 0 Å². The third-order valence-electron chi connectivity index (χ3n) is 4.20. The standard InChI is InChI=1S/C17H29N3O4/c1-11(18-16(23)24-17(2,3)4)15(22)20-9-7-13(8-10-20)19-14(21)12-5-6-12/h11-13H,5-10H2,1-4H3,(H,18,23)(H,19,21)/t11-/m1/s1. The maximum Gasteiger partial charge on any atom is 0.408 e. The van der Waals surface area contributed by atoms with Crippen LogP contribution in [0, 0.1) is 5.92 Å². The molecule has 7 heteroatoms. The van der Waals surface area contributed by atoms with Crippen molar-refractivity contribution in [1.29, 1.82) is 0 Å². The van der Waals surface area contributed by atoms with Crippen molar-refractivity contribution in [3.63, 3.8) is 0 Å². The van der Waals surface area contributed by atoms with Crippen LogP contribution in [0.5, 0.6) is 0 Å². The van der Waals surface area contributed by atoms with Crippen molar-refractivity contribution in [2.45, 2.75) is 71.1 Å². The molecule has 136 valence electrons. The average molecular weight is 339 g/mol. The molecule has 0 aromatic carbocycles. The van der Waals surface area contributed by atoms with E-state index in [1.165, 1.54) is 0 Å².